The van der Waals surface area contributed by atoms with Gasteiger partial charge in [-0.1, -0.05) is 13.0 Å². The molecule has 1 amide bonds. The summed E-state index contributed by atoms with van der Waals surface area (Å²) in [5.41, 5.74) is 1.05. The van der Waals surface area contributed by atoms with E-state index in [4.69, 9.17) is 4.74 Å². The predicted octanol–water partition coefficient (Wildman–Crippen LogP) is 2.12. The highest BCUT2D eigenvalue weighted by atomic mass is 32.2. The molecule has 5 heteroatoms. The SMILES string of the molecule is CNC(=O)COc1cccc(NC2CCSC2C)c1. The van der Waals surface area contributed by atoms with E-state index in [0.29, 0.717) is 17.0 Å². The number of likely N-dealkylation sites (N-methyl/N-ethyl adjacent to an activating group) is 1. The molecule has 0 saturated carbocycles. The third kappa shape index (κ3) is 4.06. The monoisotopic (exact) mass is 280 g/mol. The molecule has 2 unspecified atom stereocenters. The van der Waals surface area contributed by atoms with E-state index in [0.717, 1.165) is 5.69 Å². The van der Waals surface area contributed by atoms with Crippen LogP contribution in [-0.2, 0) is 4.79 Å². The van der Waals surface area contributed by atoms with Gasteiger partial charge in [0.2, 0.25) is 0 Å². The van der Waals surface area contributed by atoms with Crippen LogP contribution in [0.5, 0.6) is 5.75 Å². The summed E-state index contributed by atoms with van der Waals surface area (Å²) >= 11 is 2.00. The number of carbonyl (C=O) groups excluding carboxylic acids is 1. The van der Waals surface area contributed by atoms with Gasteiger partial charge in [-0.2, -0.15) is 11.8 Å². The molecule has 0 radical (unpaired) electrons. The number of amides is 1. The maximum atomic E-state index is 11.1. The first-order valence-corrected chi connectivity index (χ1v) is 7.55. The molecular formula is C14H20N2O2S. The number of anilines is 1. The fourth-order valence-corrected chi connectivity index (χ4v) is 3.23. The van der Waals surface area contributed by atoms with Gasteiger partial charge in [-0.25, -0.2) is 0 Å². The first-order chi connectivity index (χ1) is 9.19. The minimum absolute atomic E-state index is 0.0512. The topological polar surface area (TPSA) is 50.4 Å². The lowest BCUT2D eigenvalue weighted by Gasteiger charge is -2.18. The molecular weight excluding hydrogens is 260 g/mol. The molecule has 0 aromatic heterocycles. The van der Waals surface area contributed by atoms with Crippen molar-refractivity contribution in [3.63, 3.8) is 0 Å². The van der Waals surface area contributed by atoms with Crippen molar-refractivity contribution < 1.29 is 9.53 Å². The number of ether oxygens (including phenoxy) is 1. The average Bonchev–Trinajstić information content (AvgIpc) is 2.82. The van der Waals surface area contributed by atoms with Gasteiger partial charge in [0, 0.05) is 30.1 Å². The Balaban J connectivity index is 1.93. The van der Waals surface area contributed by atoms with Crippen LogP contribution in [0, 0.1) is 0 Å². The number of thioether (sulfide) groups is 1. The van der Waals surface area contributed by atoms with Crippen LogP contribution in [0.4, 0.5) is 5.69 Å². The highest BCUT2D eigenvalue weighted by molar-refractivity contribution is 8.00. The van der Waals surface area contributed by atoms with E-state index in [1.807, 2.05) is 36.0 Å². The minimum atomic E-state index is -0.126. The zero-order chi connectivity index (χ0) is 13.7. The Bertz CT molecular complexity index is 439. The fraction of sp³-hybridized carbons (Fsp3) is 0.500. The number of hydrogen-bond acceptors (Lipinski definition) is 4. The lowest BCUT2D eigenvalue weighted by molar-refractivity contribution is -0.122. The van der Waals surface area contributed by atoms with E-state index in [-0.39, 0.29) is 12.5 Å². The van der Waals surface area contributed by atoms with E-state index in [2.05, 4.69) is 17.6 Å². The Morgan fingerprint density at radius 1 is 1.53 bits per heavy atom. The molecule has 1 aromatic rings. The molecule has 1 aliphatic rings. The number of rotatable bonds is 5. The smallest absolute Gasteiger partial charge is 0.257 e. The number of benzene rings is 1. The van der Waals surface area contributed by atoms with E-state index in [1.165, 1.54) is 12.2 Å². The van der Waals surface area contributed by atoms with Gasteiger partial charge in [0.1, 0.15) is 5.75 Å². The van der Waals surface area contributed by atoms with E-state index in [9.17, 15) is 4.79 Å². The van der Waals surface area contributed by atoms with Gasteiger partial charge in [-0.05, 0) is 24.3 Å². The van der Waals surface area contributed by atoms with E-state index < -0.39 is 0 Å². The van der Waals surface area contributed by atoms with Crippen molar-refractivity contribution in [2.45, 2.75) is 24.6 Å². The predicted molar refractivity (Wildman–Crippen MR) is 80.0 cm³/mol. The second-order valence-corrected chi connectivity index (χ2v) is 6.09. The van der Waals surface area contributed by atoms with Crippen molar-refractivity contribution in [1.29, 1.82) is 0 Å². The fourth-order valence-electron chi connectivity index (χ4n) is 2.03. The Kier molecular flexibility index (Phi) is 4.96. The van der Waals surface area contributed by atoms with Gasteiger partial charge in [0.25, 0.3) is 5.91 Å². The lowest BCUT2D eigenvalue weighted by Crippen LogP contribution is -2.25. The van der Waals surface area contributed by atoms with Crippen LogP contribution in [0.3, 0.4) is 0 Å². The number of hydrogen-bond donors (Lipinski definition) is 2. The van der Waals surface area contributed by atoms with Crippen molar-refractivity contribution in [1.82, 2.24) is 5.32 Å². The highest BCUT2D eigenvalue weighted by Crippen LogP contribution is 2.29. The summed E-state index contributed by atoms with van der Waals surface area (Å²) in [5.74, 6) is 1.80. The van der Waals surface area contributed by atoms with Crippen LogP contribution in [0.1, 0.15) is 13.3 Å². The summed E-state index contributed by atoms with van der Waals surface area (Å²) in [4.78, 5) is 11.1. The number of carbonyl (C=O) groups is 1. The van der Waals surface area contributed by atoms with Gasteiger partial charge in [-0.15, -0.1) is 0 Å². The Hall–Kier alpha value is -1.36. The van der Waals surface area contributed by atoms with Crippen LogP contribution >= 0.6 is 11.8 Å². The molecule has 0 spiro atoms. The molecule has 0 bridgehead atoms. The normalized spacial score (nSPS) is 22.0. The molecule has 1 aromatic carbocycles. The van der Waals surface area contributed by atoms with Gasteiger partial charge >= 0.3 is 0 Å². The zero-order valence-corrected chi connectivity index (χ0v) is 12.1. The molecule has 1 heterocycles. The minimum Gasteiger partial charge on any atom is -0.484 e. The first-order valence-electron chi connectivity index (χ1n) is 6.50. The van der Waals surface area contributed by atoms with Gasteiger partial charge < -0.3 is 15.4 Å². The Morgan fingerprint density at radius 3 is 3.05 bits per heavy atom. The molecule has 2 N–H and O–H groups in total. The van der Waals surface area contributed by atoms with Crippen LogP contribution in [0.2, 0.25) is 0 Å². The second kappa shape index (κ2) is 6.70. The first kappa shape index (κ1) is 14.1. The van der Waals surface area contributed by atoms with Crippen LogP contribution in [0.15, 0.2) is 24.3 Å². The Labute approximate surface area is 118 Å². The number of nitrogens with one attached hydrogen (secondary N) is 2. The zero-order valence-electron chi connectivity index (χ0n) is 11.3. The van der Waals surface area contributed by atoms with Crippen LogP contribution in [-0.4, -0.2) is 36.6 Å². The van der Waals surface area contributed by atoms with Crippen molar-refractivity contribution in [3.05, 3.63) is 24.3 Å². The van der Waals surface area contributed by atoms with Gasteiger partial charge in [0.05, 0.1) is 0 Å². The van der Waals surface area contributed by atoms with E-state index >= 15 is 0 Å². The van der Waals surface area contributed by atoms with Crippen molar-refractivity contribution in [2.24, 2.45) is 0 Å². The van der Waals surface area contributed by atoms with Crippen LogP contribution in [0.25, 0.3) is 0 Å². The molecule has 1 saturated heterocycles. The van der Waals surface area contributed by atoms with Crippen LogP contribution < -0.4 is 15.4 Å². The second-order valence-electron chi connectivity index (χ2n) is 4.61. The lowest BCUT2D eigenvalue weighted by atomic mass is 10.1. The molecule has 2 rings (SSSR count). The van der Waals surface area contributed by atoms with Gasteiger partial charge in [-0.3, -0.25) is 4.79 Å². The molecule has 4 nitrogen and oxygen atoms in total. The quantitative estimate of drug-likeness (QED) is 0.867. The molecule has 1 fully saturated rings. The summed E-state index contributed by atoms with van der Waals surface area (Å²) in [6, 6.07) is 8.29. The third-order valence-corrected chi connectivity index (χ3v) is 4.54. The Morgan fingerprint density at radius 2 is 2.37 bits per heavy atom. The van der Waals surface area contributed by atoms with Gasteiger partial charge in [0.15, 0.2) is 6.61 Å². The van der Waals surface area contributed by atoms with Crippen molar-refractivity contribution >= 4 is 23.4 Å². The van der Waals surface area contributed by atoms with Crippen molar-refractivity contribution in [3.8, 4) is 5.75 Å². The summed E-state index contributed by atoms with van der Waals surface area (Å²) < 4.78 is 5.43. The summed E-state index contributed by atoms with van der Waals surface area (Å²) in [6.07, 6.45) is 1.19. The standard InChI is InChI=1S/C14H20N2O2S/c1-10-13(6-7-19-10)16-11-4-3-5-12(8-11)18-9-14(17)15-2/h3-5,8,10,13,16H,6-7,9H2,1-2H3,(H,15,17). The summed E-state index contributed by atoms with van der Waals surface area (Å²) in [6.45, 7) is 2.30. The maximum absolute atomic E-state index is 11.1. The largest absolute Gasteiger partial charge is 0.484 e. The maximum Gasteiger partial charge on any atom is 0.257 e. The van der Waals surface area contributed by atoms with E-state index in [1.54, 1.807) is 7.05 Å². The van der Waals surface area contributed by atoms with Crippen molar-refractivity contribution in [2.75, 3.05) is 24.7 Å². The molecule has 104 valence electrons. The summed E-state index contributed by atoms with van der Waals surface area (Å²) in [5, 5.41) is 6.70. The molecule has 1 aliphatic heterocycles. The molecule has 19 heavy (non-hydrogen) atoms. The average molecular weight is 280 g/mol. The molecule has 2 atom stereocenters. The highest BCUT2D eigenvalue weighted by Gasteiger charge is 2.23. The third-order valence-electron chi connectivity index (χ3n) is 3.21. The summed E-state index contributed by atoms with van der Waals surface area (Å²) in [7, 11) is 1.60. The molecule has 0 aliphatic carbocycles.